The summed E-state index contributed by atoms with van der Waals surface area (Å²) in [6, 6.07) is 8.15. The van der Waals surface area contributed by atoms with Gasteiger partial charge in [0.2, 0.25) is 5.91 Å². The minimum absolute atomic E-state index is 0. The van der Waals surface area contributed by atoms with Gasteiger partial charge < -0.3 is 15.0 Å². The average Bonchev–Trinajstić information content (AvgIpc) is 2.70. The summed E-state index contributed by atoms with van der Waals surface area (Å²) in [6.45, 7) is 6.09. The van der Waals surface area contributed by atoms with E-state index in [2.05, 4.69) is 17.4 Å². The lowest BCUT2D eigenvalue weighted by Crippen LogP contribution is -2.36. The van der Waals surface area contributed by atoms with Crippen molar-refractivity contribution in [1.82, 2.24) is 10.2 Å². The van der Waals surface area contributed by atoms with Crippen LogP contribution in [0.25, 0.3) is 0 Å². The van der Waals surface area contributed by atoms with Gasteiger partial charge in [-0.15, -0.1) is 12.4 Å². The highest BCUT2D eigenvalue weighted by Crippen LogP contribution is 2.12. The summed E-state index contributed by atoms with van der Waals surface area (Å²) in [5.74, 6) is 1.23. The number of nitrogens with one attached hydrogen (secondary N) is 1. The molecule has 124 valence electrons. The summed E-state index contributed by atoms with van der Waals surface area (Å²) < 4.78 is 5.42. The summed E-state index contributed by atoms with van der Waals surface area (Å²) in [4.78, 5) is 13.9. The zero-order valence-corrected chi connectivity index (χ0v) is 14.2. The first-order valence-electron chi connectivity index (χ1n) is 8.00. The van der Waals surface area contributed by atoms with Gasteiger partial charge in [0.05, 0.1) is 6.61 Å². The van der Waals surface area contributed by atoms with E-state index in [0.717, 1.165) is 51.2 Å². The maximum Gasteiger partial charge on any atom is 0.222 e. The largest absolute Gasteiger partial charge is 0.494 e. The molecule has 0 aromatic heterocycles. The monoisotopic (exact) mass is 326 g/mol. The van der Waals surface area contributed by atoms with E-state index in [1.54, 1.807) is 0 Å². The number of nitrogens with zero attached hydrogens (tertiary/aromatic N) is 1. The highest BCUT2D eigenvalue weighted by Gasteiger charge is 2.15. The zero-order valence-electron chi connectivity index (χ0n) is 13.3. The van der Waals surface area contributed by atoms with Gasteiger partial charge in [-0.1, -0.05) is 18.6 Å². The molecule has 0 aliphatic carbocycles. The van der Waals surface area contributed by atoms with Crippen LogP contribution in [0.2, 0.25) is 0 Å². The Kier molecular flexibility index (Phi) is 8.94. The number of rotatable bonds is 7. The number of halogens is 1. The Morgan fingerprint density at radius 2 is 1.95 bits per heavy atom. The van der Waals surface area contributed by atoms with Crippen molar-refractivity contribution < 1.29 is 9.53 Å². The number of hydrogen-bond donors (Lipinski definition) is 1. The van der Waals surface area contributed by atoms with Gasteiger partial charge in [-0.3, -0.25) is 4.79 Å². The van der Waals surface area contributed by atoms with Gasteiger partial charge in [-0.25, -0.2) is 0 Å². The fraction of sp³-hybridized carbons (Fsp3) is 0.588. The molecular formula is C17H27ClN2O2. The van der Waals surface area contributed by atoms with Gasteiger partial charge in [-0.2, -0.15) is 0 Å². The standard InChI is InChI=1S/C17H26N2O2.ClH/c1-2-21-16-9-7-15(8-10-16)14-18-11-13-19-12-5-3-4-6-17(19)20;/h7-10,18H,2-6,11-14H2,1H3;1H. The van der Waals surface area contributed by atoms with E-state index in [0.29, 0.717) is 12.5 Å². The minimum Gasteiger partial charge on any atom is -0.494 e. The molecule has 0 radical (unpaired) electrons. The Morgan fingerprint density at radius 1 is 1.18 bits per heavy atom. The minimum atomic E-state index is 0. The molecule has 1 heterocycles. The highest BCUT2D eigenvalue weighted by atomic mass is 35.5. The molecule has 5 heteroatoms. The van der Waals surface area contributed by atoms with Gasteiger partial charge in [0.25, 0.3) is 0 Å². The van der Waals surface area contributed by atoms with E-state index >= 15 is 0 Å². The van der Waals surface area contributed by atoms with Crippen LogP contribution in [0.5, 0.6) is 5.75 Å². The molecule has 1 aromatic rings. The van der Waals surface area contributed by atoms with Crippen molar-refractivity contribution in [1.29, 1.82) is 0 Å². The van der Waals surface area contributed by atoms with Crippen molar-refractivity contribution in [2.24, 2.45) is 0 Å². The molecule has 0 saturated carbocycles. The second-order valence-electron chi connectivity index (χ2n) is 5.45. The third kappa shape index (κ3) is 6.24. The van der Waals surface area contributed by atoms with Crippen LogP contribution in [0.15, 0.2) is 24.3 Å². The first kappa shape index (κ1) is 18.8. The fourth-order valence-corrected chi connectivity index (χ4v) is 2.59. The number of carbonyl (C=O) groups excluding carboxylic acids is 1. The second kappa shape index (κ2) is 10.5. The van der Waals surface area contributed by atoms with Crippen LogP contribution in [-0.2, 0) is 11.3 Å². The molecule has 1 N–H and O–H groups in total. The molecule has 0 atom stereocenters. The maximum absolute atomic E-state index is 11.9. The Balaban J connectivity index is 0.00000242. The molecule has 1 aliphatic heterocycles. The maximum atomic E-state index is 11.9. The molecule has 1 fully saturated rings. The number of ether oxygens (including phenoxy) is 1. The molecule has 0 unspecified atom stereocenters. The third-order valence-electron chi connectivity index (χ3n) is 3.79. The Morgan fingerprint density at radius 3 is 2.68 bits per heavy atom. The summed E-state index contributed by atoms with van der Waals surface area (Å²) in [5.41, 5.74) is 1.24. The summed E-state index contributed by atoms with van der Waals surface area (Å²) in [6.07, 6.45) is 4.10. The summed E-state index contributed by atoms with van der Waals surface area (Å²) >= 11 is 0. The number of carbonyl (C=O) groups is 1. The van der Waals surface area contributed by atoms with Gasteiger partial charge in [0.1, 0.15) is 5.75 Å². The lowest BCUT2D eigenvalue weighted by molar-refractivity contribution is -0.130. The summed E-state index contributed by atoms with van der Waals surface area (Å²) in [5, 5.41) is 3.41. The van der Waals surface area contributed by atoms with E-state index < -0.39 is 0 Å². The first-order chi connectivity index (χ1) is 10.3. The van der Waals surface area contributed by atoms with Crippen molar-refractivity contribution >= 4 is 18.3 Å². The van der Waals surface area contributed by atoms with Crippen LogP contribution in [0, 0.1) is 0 Å². The van der Waals surface area contributed by atoms with E-state index in [1.165, 1.54) is 12.0 Å². The molecule has 1 aromatic carbocycles. The van der Waals surface area contributed by atoms with Crippen molar-refractivity contribution in [3.8, 4) is 5.75 Å². The number of amides is 1. The number of likely N-dealkylation sites (tertiary alicyclic amines) is 1. The van der Waals surface area contributed by atoms with Crippen LogP contribution in [0.1, 0.15) is 38.2 Å². The Labute approximate surface area is 139 Å². The van der Waals surface area contributed by atoms with E-state index in [1.807, 2.05) is 24.0 Å². The van der Waals surface area contributed by atoms with Gasteiger partial charge in [-0.05, 0) is 37.5 Å². The molecule has 0 bridgehead atoms. The Hall–Kier alpha value is -1.26. The zero-order chi connectivity index (χ0) is 14.9. The van der Waals surface area contributed by atoms with E-state index in [4.69, 9.17) is 4.74 Å². The molecule has 22 heavy (non-hydrogen) atoms. The summed E-state index contributed by atoms with van der Waals surface area (Å²) in [7, 11) is 0. The van der Waals surface area contributed by atoms with Gasteiger partial charge in [0.15, 0.2) is 0 Å². The molecule has 1 aliphatic rings. The van der Waals surface area contributed by atoms with Crippen molar-refractivity contribution in [3.63, 3.8) is 0 Å². The molecular weight excluding hydrogens is 300 g/mol. The molecule has 2 rings (SSSR count). The van der Waals surface area contributed by atoms with Gasteiger partial charge in [0, 0.05) is 32.6 Å². The average molecular weight is 327 g/mol. The SMILES string of the molecule is CCOc1ccc(CNCCN2CCCCCC2=O)cc1.Cl. The third-order valence-corrected chi connectivity index (χ3v) is 3.79. The molecule has 1 saturated heterocycles. The quantitative estimate of drug-likeness (QED) is 0.783. The highest BCUT2D eigenvalue weighted by molar-refractivity contribution is 5.85. The normalized spacial score (nSPS) is 15.1. The molecule has 1 amide bonds. The van der Waals surface area contributed by atoms with E-state index in [9.17, 15) is 4.79 Å². The number of hydrogen-bond acceptors (Lipinski definition) is 3. The smallest absolute Gasteiger partial charge is 0.222 e. The first-order valence-corrected chi connectivity index (χ1v) is 8.00. The van der Waals surface area contributed by atoms with Crippen LogP contribution < -0.4 is 10.1 Å². The lowest BCUT2D eigenvalue weighted by atomic mass is 10.2. The predicted molar refractivity (Wildman–Crippen MR) is 91.6 cm³/mol. The van der Waals surface area contributed by atoms with Crippen LogP contribution >= 0.6 is 12.4 Å². The van der Waals surface area contributed by atoms with Gasteiger partial charge >= 0.3 is 0 Å². The fourth-order valence-electron chi connectivity index (χ4n) is 2.59. The Bertz CT molecular complexity index is 437. The lowest BCUT2D eigenvalue weighted by Gasteiger charge is -2.20. The second-order valence-corrected chi connectivity index (χ2v) is 5.45. The van der Waals surface area contributed by atoms with Crippen molar-refractivity contribution in [2.75, 3.05) is 26.2 Å². The van der Waals surface area contributed by atoms with Crippen molar-refractivity contribution in [3.05, 3.63) is 29.8 Å². The van der Waals surface area contributed by atoms with Crippen molar-refractivity contribution in [2.45, 2.75) is 39.2 Å². The molecule has 0 spiro atoms. The van der Waals surface area contributed by atoms with Crippen LogP contribution in [-0.4, -0.2) is 37.0 Å². The van der Waals surface area contributed by atoms with Crippen LogP contribution in [0.3, 0.4) is 0 Å². The van der Waals surface area contributed by atoms with Crippen LogP contribution in [0.4, 0.5) is 0 Å². The topological polar surface area (TPSA) is 41.6 Å². The van der Waals surface area contributed by atoms with E-state index in [-0.39, 0.29) is 12.4 Å². The number of benzene rings is 1. The predicted octanol–water partition coefficient (Wildman–Crippen LogP) is 3.00. The molecule has 4 nitrogen and oxygen atoms in total.